The van der Waals surface area contributed by atoms with Gasteiger partial charge in [-0.3, -0.25) is 14.8 Å². The van der Waals surface area contributed by atoms with Gasteiger partial charge in [0.15, 0.2) is 5.03 Å². The Labute approximate surface area is 116 Å². The summed E-state index contributed by atoms with van der Waals surface area (Å²) in [5, 5.41) is 13.9. The molecule has 0 aromatic carbocycles. The summed E-state index contributed by atoms with van der Waals surface area (Å²) in [4.78, 5) is 14.7. The molecular weight excluding hydrogens is 340 g/mol. The molecule has 0 aliphatic rings. The summed E-state index contributed by atoms with van der Waals surface area (Å²) in [5.74, 6) is -1.39. The number of anilines is 1. The van der Waals surface area contributed by atoms with E-state index in [0.717, 1.165) is 6.20 Å². The lowest BCUT2D eigenvalue weighted by Gasteiger charge is -2.08. The second kappa shape index (κ2) is 4.97. The Morgan fingerprint density at radius 1 is 1.42 bits per heavy atom. The van der Waals surface area contributed by atoms with E-state index < -0.39 is 26.6 Å². The van der Waals surface area contributed by atoms with Gasteiger partial charge in [-0.2, -0.15) is 13.5 Å². The maximum Gasteiger partial charge on any atom is 0.340 e. The van der Waals surface area contributed by atoms with Crippen molar-refractivity contribution in [1.82, 2.24) is 15.2 Å². The van der Waals surface area contributed by atoms with E-state index in [9.17, 15) is 13.2 Å². The quantitative estimate of drug-likeness (QED) is 0.760. The number of aromatic carboxylic acids is 1. The number of carboxylic acid groups (broad SMARTS) is 1. The van der Waals surface area contributed by atoms with Crippen LogP contribution in [0.25, 0.3) is 0 Å². The number of pyridine rings is 1. The zero-order valence-corrected chi connectivity index (χ0v) is 11.6. The number of nitrogens with zero attached hydrogens (tertiary/aromatic N) is 2. The van der Waals surface area contributed by atoms with Gasteiger partial charge in [0.2, 0.25) is 0 Å². The first-order chi connectivity index (χ1) is 8.92. The predicted molar refractivity (Wildman–Crippen MR) is 68.3 cm³/mol. The van der Waals surface area contributed by atoms with Crippen molar-refractivity contribution >= 4 is 37.6 Å². The van der Waals surface area contributed by atoms with Crippen molar-refractivity contribution in [2.45, 2.75) is 5.03 Å². The Bertz CT molecular complexity index is 727. The zero-order valence-electron chi connectivity index (χ0n) is 9.16. The van der Waals surface area contributed by atoms with E-state index in [-0.39, 0.29) is 5.69 Å². The van der Waals surface area contributed by atoms with Crippen molar-refractivity contribution in [2.75, 3.05) is 4.72 Å². The van der Waals surface area contributed by atoms with Gasteiger partial charge in [-0.05, 0) is 22.0 Å². The van der Waals surface area contributed by atoms with Gasteiger partial charge in [-0.1, -0.05) is 0 Å². The number of hydrogen-bond donors (Lipinski definition) is 3. The molecule has 0 unspecified atom stereocenters. The number of aromatic amines is 1. The van der Waals surface area contributed by atoms with Gasteiger partial charge >= 0.3 is 5.97 Å². The summed E-state index contributed by atoms with van der Waals surface area (Å²) in [6.07, 6.45) is 3.73. The summed E-state index contributed by atoms with van der Waals surface area (Å²) in [7, 11) is -4.07. The summed E-state index contributed by atoms with van der Waals surface area (Å²) < 4.78 is 26.8. The minimum atomic E-state index is -4.07. The van der Waals surface area contributed by atoms with Crippen molar-refractivity contribution in [3.8, 4) is 0 Å². The smallest absolute Gasteiger partial charge is 0.340 e. The molecule has 0 saturated heterocycles. The summed E-state index contributed by atoms with van der Waals surface area (Å²) >= 11 is 3.13. The van der Waals surface area contributed by atoms with E-state index in [1.807, 2.05) is 0 Å². The second-order valence-electron chi connectivity index (χ2n) is 3.38. The lowest BCUT2D eigenvalue weighted by Crippen LogP contribution is -2.17. The monoisotopic (exact) mass is 346 g/mol. The molecule has 2 aromatic heterocycles. The lowest BCUT2D eigenvalue weighted by atomic mass is 10.4. The Balaban J connectivity index is 2.41. The normalized spacial score (nSPS) is 11.2. The molecular formula is C9H7BrN4O4S. The SMILES string of the molecule is O=C(O)c1cn[nH]c1S(=O)(=O)Nc1ccncc1Br. The lowest BCUT2D eigenvalue weighted by molar-refractivity contribution is 0.0692. The van der Waals surface area contributed by atoms with Crippen LogP contribution in [0.1, 0.15) is 10.4 Å². The average Bonchev–Trinajstić information content (AvgIpc) is 2.82. The molecule has 0 bridgehead atoms. The average molecular weight is 347 g/mol. The molecule has 0 spiro atoms. The fourth-order valence-corrected chi connectivity index (χ4v) is 2.94. The van der Waals surface area contributed by atoms with Gasteiger partial charge in [0, 0.05) is 12.4 Å². The molecule has 2 rings (SSSR count). The third-order valence-electron chi connectivity index (χ3n) is 2.12. The third kappa shape index (κ3) is 2.74. The molecule has 0 saturated carbocycles. The van der Waals surface area contributed by atoms with E-state index >= 15 is 0 Å². The molecule has 0 amide bonds. The third-order valence-corrected chi connectivity index (χ3v) is 4.09. The van der Waals surface area contributed by atoms with Crippen LogP contribution >= 0.6 is 15.9 Å². The first-order valence-corrected chi connectivity index (χ1v) is 7.08. The molecule has 8 nitrogen and oxygen atoms in total. The number of nitrogens with one attached hydrogen (secondary N) is 2. The van der Waals surface area contributed by atoms with E-state index in [1.165, 1.54) is 18.5 Å². The number of carboxylic acids is 1. The summed E-state index contributed by atoms with van der Waals surface area (Å²) in [6, 6.07) is 1.43. The Morgan fingerprint density at radius 2 is 2.16 bits per heavy atom. The van der Waals surface area contributed by atoms with Crippen molar-refractivity contribution in [1.29, 1.82) is 0 Å². The molecule has 0 aliphatic carbocycles. The second-order valence-corrected chi connectivity index (χ2v) is 5.85. The number of aromatic nitrogens is 3. The standard InChI is InChI=1S/C9H7BrN4O4S/c10-6-4-11-2-1-7(6)14-19(17,18)8-5(9(15)16)3-12-13-8/h1-4H,(H,11,14)(H,12,13)(H,15,16). The molecule has 10 heteroatoms. The molecule has 2 heterocycles. The minimum absolute atomic E-state index is 0.237. The fourth-order valence-electron chi connectivity index (χ4n) is 1.29. The molecule has 0 radical (unpaired) electrons. The van der Waals surface area contributed by atoms with E-state index in [0.29, 0.717) is 4.47 Å². The molecule has 100 valence electrons. The van der Waals surface area contributed by atoms with Crippen LogP contribution in [-0.2, 0) is 10.0 Å². The van der Waals surface area contributed by atoms with Gasteiger partial charge in [-0.15, -0.1) is 0 Å². The Kier molecular flexibility index (Phi) is 3.53. The fraction of sp³-hybridized carbons (Fsp3) is 0. The maximum absolute atomic E-state index is 12.1. The van der Waals surface area contributed by atoms with Crippen molar-refractivity contribution in [3.63, 3.8) is 0 Å². The minimum Gasteiger partial charge on any atom is -0.478 e. The Morgan fingerprint density at radius 3 is 2.79 bits per heavy atom. The van der Waals surface area contributed by atoms with Gasteiger partial charge in [0.05, 0.1) is 16.4 Å². The molecule has 0 atom stereocenters. The largest absolute Gasteiger partial charge is 0.478 e. The van der Waals surface area contributed by atoms with Gasteiger partial charge in [0.25, 0.3) is 10.0 Å². The van der Waals surface area contributed by atoms with E-state index in [4.69, 9.17) is 5.11 Å². The van der Waals surface area contributed by atoms with Crippen LogP contribution in [-0.4, -0.2) is 34.7 Å². The first kappa shape index (κ1) is 13.5. The number of sulfonamides is 1. The molecule has 2 aromatic rings. The molecule has 0 fully saturated rings. The van der Waals surface area contributed by atoms with Crippen LogP contribution < -0.4 is 4.72 Å². The number of hydrogen-bond acceptors (Lipinski definition) is 5. The Hall–Kier alpha value is -1.94. The van der Waals surface area contributed by atoms with Crippen LogP contribution in [0.15, 0.2) is 34.2 Å². The van der Waals surface area contributed by atoms with E-state index in [2.05, 4.69) is 35.8 Å². The van der Waals surface area contributed by atoms with Crippen LogP contribution in [0.3, 0.4) is 0 Å². The zero-order chi connectivity index (χ0) is 14.0. The number of H-pyrrole nitrogens is 1. The first-order valence-electron chi connectivity index (χ1n) is 4.81. The number of rotatable bonds is 4. The van der Waals surface area contributed by atoms with Crippen molar-refractivity contribution < 1.29 is 18.3 Å². The van der Waals surface area contributed by atoms with Crippen LogP contribution in [0.5, 0.6) is 0 Å². The van der Waals surface area contributed by atoms with Crippen molar-refractivity contribution in [2.24, 2.45) is 0 Å². The highest BCUT2D eigenvalue weighted by Gasteiger charge is 2.25. The highest BCUT2D eigenvalue weighted by atomic mass is 79.9. The predicted octanol–water partition coefficient (Wildman–Crippen LogP) is 1.07. The summed E-state index contributed by atoms with van der Waals surface area (Å²) in [5.41, 5.74) is -0.196. The van der Waals surface area contributed by atoms with E-state index in [1.54, 1.807) is 0 Å². The topological polar surface area (TPSA) is 125 Å². The summed E-state index contributed by atoms with van der Waals surface area (Å²) in [6.45, 7) is 0. The maximum atomic E-state index is 12.1. The highest BCUT2D eigenvalue weighted by Crippen LogP contribution is 2.23. The van der Waals surface area contributed by atoms with Crippen LogP contribution in [0.4, 0.5) is 5.69 Å². The van der Waals surface area contributed by atoms with Gasteiger partial charge in [-0.25, -0.2) is 4.79 Å². The molecule has 0 aliphatic heterocycles. The highest BCUT2D eigenvalue weighted by molar-refractivity contribution is 9.10. The van der Waals surface area contributed by atoms with Gasteiger partial charge < -0.3 is 5.11 Å². The van der Waals surface area contributed by atoms with Crippen LogP contribution in [0, 0.1) is 0 Å². The number of carbonyl (C=O) groups is 1. The molecule has 19 heavy (non-hydrogen) atoms. The van der Waals surface area contributed by atoms with Crippen LogP contribution in [0.2, 0.25) is 0 Å². The molecule has 3 N–H and O–H groups in total. The van der Waals surface area contributed by atoms with Gasteiger partial charge in [0.1, 0.15) is 5.56 Å². The van der Waals surface area contributed by atoms with Crippen molar-refractivity contribution in [3.05, 3.63) is 34.7 Å². The number of halogens is 1.